The first-order valence-corrected chi connectivity index (χ1v) is 9.73. The Labute approximate surface area is 161 Å². The largest absolute Gasteiger partial charge is 0.376 e. The summed E-state index contributed by atoms with van der Waals surface area (Å²) in [5, 5.41) is 3.88. The number of hydrogen-bond donors (Lipinski definition) is 1. The average molecular weight is 379 g/mol. The van der Waals surface area contributed by atoms with Gasteiger partial charge in [0, 0.05) is 30.1 Å². The van der Waals surface area contributed by atoms with Gasteiger partial charge in [0.15, 0.2) is 5.11 Å². The fourth-order valence-electron chi connectivity index (χ4n) is 3.07. The van der Waals surface area contributed by atoms with Gasteiger partial charge in [0.05, 0.1) is 10.7 Å². The summed E-state index contributed by atoms with van der Waals surface area (Å²) in [5.74, 6) is 0.859. The third-order valence-corrected chi connectivity index (χ3v) is 5.51. The van der Waals surface area contributed by atoms with E-state index < -0.39 is 0 Å². The third-order valence-electron chi connectivity index (χ3n) is 4.28. The van der Waals surface area contributed by atoms with E-state index in [-0.39, 0.29) is 0 Å². The van der Waals surface area contributed by atoms with Crippen LogP contribution in [0, 0.1) is 0 Å². The summed E-state index contributed by atoms with van der Waals surface area (Å²) in [4.78, 5) is 6.34. The van der Waals surface area contributed by atoms with Gasteiger partial charge in [-0.2, -0.15) is 0 Å². The predicted octanol–water partition coefficient (Wildman–Crippen LogP) is 4.33. The number of thioether (sulfide) groups is 1. The van der Waals surface area contributed by atoms with Gasteiger partial charge in [0.25, 0.3) is 0 Å². The number of fused-ring (bicyclic) bond motifs is 2. The Morgan fingerprint density at radius 3 is 2.77 bits per heavy atom. The summed E-state index contributed by atoms with van der Waals surface area (Å²) in [6, 6.07) is 20.6. The van der Waals surface area contributed by atoms with Crippen LogP contribution in [0.3, 0.4) is 0 Å². The number of nitrogens with zero attached hydrogens (tertiary/aromatic N) is 3. The standard InChI is InChI=1S/C20H18N4S2/c21-20(25)23(17-8-3-6-15-5-1-2-7-16(15)17)13-14-26-19-10-4-9-18-22-11-12-24(18)19/h1-12H,13-14H2,(H2,21,25). The minimum Gasteiger partial charge on any atom is -0.376 e. The predicted molar refractivity (Wildman–Crippen MR) is 114 cm³/mol. The molecule has 0 spiro atoms. The topological polar surface area (TPSA) is 46.6 Å². The van der Waals surface area contributed by atoms with Crippen molar-refractivity contribution in [1.82, 2.24) is 9.38 Å². The molecule has 0 saturated carbocycles. The van der Waals surface area contributed by atoms with Crippen molar-refractivity contribution in [2.75, 3.05) is 17.2 Å². The molecule has 4 rings (SSSR count). The Bertz CT molecular complexity index is 1070. The lowest BCUT2D eigenvalue weighted by Crippen LogP contribution is -2.37. The van der Waals surface area contributed by atoms with Crippen molar-refractivity contribution in [1.29, 1.82) is 0 Å². The molecule has 4 nitrogen and oxygen atoms in total. The van der Waals surface area contributed by atoms with Crippen LogP contribution >= 0.6 is 24.0 Å². The maximum Gasteiger partial charge on any atom is 0.170 e. The van der Waals surface area contributed by atoms with Crippen LogP contribution in [0.2, 0.25) is 0 Å². The van der Waals surface area contributed by atoms with Crippen molar-refractivity contribution in [2.45, 2.75) is 5.03 Å². The van der Waals surface area contributed by atoms with Crippen molar-refractivity contribution >= 4 is 51.2 Å². The number of nitrogens with two attached hydrogens (primary N) is 1. The van der Waals surface area contributed by atoms with Crippen LogP contribution in [0.1, 0.15) is 0 Å². The lowest BCUT2D eigenvalue weighted by Gasteiger charge is -2.24. The molecule has 2 aromatic carbocycles. The van der Waals surface area contributed by atoms with Crippen molar-refractivity contribution in [3.05, 3.63) is 73.1 Å². The Kier molecular flexibility index (Phi) is 4.77. The van der Waals surface area contributed by atoms with Crippen molar-refractivity contribution in [3.8, 4) is 0 Å². The highest BCUT2D eigenvalue weighted by Crippen LogP contribution is 2.27. The summed E-state index contributed by atoms with van der Waals surface area (Å²) in [5.41, 5.74) is 8.05. The molecule has 0 saturated heterocycles. The average Bonchev–Trinajstić information content (AvgIpc) is 3.14. The zero-order valence-corrected chi connectivity index (χ0v) is 15.7. The van der Waals surface area contributed by atoms with Crippen molar-refractivity contribution in [3.63, 3.8) is 0 Å². The van der Waals surface area contributed by atoms with E-state index in [0.29, 0.717) is 5.11 Å². The first-order chi connectivity index (χ1) is 12.7. The Hall–Kier alpha value is -2.57. The van der Waals surface area contributed by atoms with E-state index >= 15 is 0 Å². The smallest absolute Gasteiger partial charge is 0.170 e. The van der Waals surface area contributed by atoms with Crippen LogP contribution in [0.5, 0.6) is 0 Å². The van der Waals surface area contributed by atoms with Gasteiger partial charge in [0.1, 0.15) is 5.65 Å². The van der Waals surface area contributed by atoms with Gasteiger partial charge in [0.2, 0.25) is 0 Å². The number of anilines is 1. The van der Waals surface area contributed by atoms with Gasteiger partial charge in [-0.3, -0.25) is 4.40 Å². The van der Waals surface area contributed by atoms with Crippen LogP contribution in [0.4, 0.5) is 5.69 Å². The third kappa shape index (κ3) is 3.25. The molecule has 0 fully saturated rings. The minimum atomic E-state index is 0.391. The first kappa shape index (κ1) is 16.9. The highest BCUT2D eigenvalue weighted by Gasteiger charge is 2.13. The fraction of sp³-hybridized carbons (Fsp3) is 0.100. The molecule has 6 heteroatoms. The highest BCUT2D eigenvalue weighted by atomic mass is 32.2. The van der Waals surface area contributed by atoms with E-state index in [1.165, 1.54) is 5.39 Å². The lowest BCUT2D eigenvalue weighted by molar-refractivity contribution is 1.01. The normalized spacial score (nSPS) is 11.1. The molecule has 26 heavy (non-hydrogen) atoms. The molecule has 2 aromatic heterocycles. The van der Waals surface area contributed by atoms with Gasteiger partial charge in [-0.05, 0) is 35.8 Å². The molecule has 130 valence electrons. The maximum absolute atomic E-state index is 6.05. The molecule has 4 aromatic rings. The van der Waals surface area contributed by atoms with Crippen LogP contribution < -0.4 is 10.6 Å². The number of thiocarbonyl (C=S) groups is 1. The second kappa shape index (κ2) is 7.35. The number of imidazole rings is 1. The van der Waals surface area contributed by atoms with Crippen LogP contribution in [-0.4, -0.2) is 26.8 Å². The molecule has 2 N–H and O–H groups in total. The van der Waals surface area contributed by atoms with E-state index in [1.807, 2.05) is 47.6 Å². The van der Waals surface area contributed by atoms with E-state index in [2.05, 4.69) is 39.7 Å². The zero-order chi connectivity index (χ0) is 17.9. The molecule has 0 aliphatic carbocycles. The second-order valence-electron chi connectivity index (χ2n) is 5.86. The van der Waals surface area contributed by atoms with E-state index in [4.69, 9.17) is 18.0 Å². The second-order valence-corrected chi connectivity index (χ2v) is 7.39. The summed E-state index contributed by atoms with van der Waals surface area (Å²) < 4.78 is 2.09. The molecule has 0 aliphatic rings. The molecule has 0 aliphatic heterocycles. The van der Waals surface area contributed by atoms with Crippen LogP contribution in [-0.2, 0) is 0 Å². The monoisotopic (exact) mass is 378 g/mol. The number of benzene rings is 2. The molecular weight excluding hydrogens is 360 g/mol. The summed E-state index contributed by atoms with van der Waals surface area (Å²) in [6.45, 7) is 0.735. The van der Waals surface area contributed by atoms with E-state index in [1.54, 1.807) is 11.8 Å². The fourth-order valence-corrected chi connectivity index (χ4v) is 4.21. The number of aromatic nitrogens is 2. The molecule has 0 bridgehead atoms. The first-order valence-electron chi connectivity index (χ1n) is 8.33. The van der Waals surface area contributed by atoms with Gasteiger partial charge >= 0.3 is 0 Å². The van der Waals surface area contributed by atoms with Gasteiger partial charge in [-0.25, -0.2) is 4.98 Å². The van der Waals surface area contributed by atoms with Crippen molar-refractivity contribution < 1.29 is 0 Å². The Morgan fingerprint density at radius 1 is 1.08 bits per heavy atom. The van der Waals surface area contributed by atoms with Gasteiger partial charge < -0.3 is 10.6 Å². The highest BCUT2D eigenvalue weighted by molar-refractivity contribution is 7.99. The number of rotatable bonds is 5. The van der Waals surface area contributed by atoms with Crippen LogP contribution in [0.15, 0.2) is 78.1 Å². The van der Waals surface area contributed by atoms with Gasteiger partial charge in [-0.15, -0.1) is 11.8 Å². The van der Waals surface area contributed by atoms with Crippen molar-refractivity contribution in [2.24, 2.45) is 5.73 Å². The molecular formula is C20H18N4S2. The molecule has 0 amide bonds. The van der Waals surface area contributed by atoms with Crippen LogP contribution in [0.25, 0.3) is 16.4 Å². The molecule has 0 unspecified atom stereocenters. The summed E-state index contributed by atoms with van der Waals surface area (Å²) in [7, 11) is 0. The summed E-state index contributed by atoms with van der Waals surface area (Å²) in [6.07, 6.45) is 3.80. The lowest BCUT2D eigenvalue weighted by atomic mass is 10.1. The minimum absolute atomic E-state index is 0.391. The molecule has 0 atom stereocenters. The summed E-state index contributed by atoms with van der Waals surface area (Å²) >= 11 is 7.10. The SMILES string of the molecule is NC(=S)N(CCSc1cccc2nccn12)c1cccc2ccccc12. The quantitative estimate of drug-likeness (QED) is 0.414. The van der Waals surface area contributed by atoms with Gasteiger partial charge in [-0.1, -0.05) is 42.5 Å². The Balaban J connectivity index is 1.56. The number of hydrogen-bond acceptors (Lipinski definition) is 3. The zero-order valence-electron chi connectivity index (χ0n) is 14.1. The maximum atomic E-state index is 6.05. The van der Waals surface area contributed by atoms with E-state index in [0.717, 1.165) is 34.0 Å². The molecule has 2 heterocycles. The number of pyridine rings is 1. The Morgan fingerprint density at radius 2 is 1.88 bits per heavy atom. The molecule has 0 radical (unpaired) electrons. The van der Waals surface area contributed by atoms with E-state index in [9.17, 15) is 0 Å².